The summed E-state index contributed by atoms with van der Waals surface area (Å²) in [6.07, 6.45) is 6.84. The van der Waals surface area contributed by atoms with Crippen LogP contribution < -0.4 is 10.9 Å². The Hall–Kier alpha value is -2.95. The lowest BCUT2D eigenvalue weighted by Crippen LogP contribution is -2.27. The zero-order chi connectivity index (χ0) is 22.1. The molecule has 32 heavy (non-hydrogen) atoms. The van der Waals surface area contributed by atoms with Gasteiger partial charge in [-0.05, 0) is 43.2 Å². The number of nitrogens with zero attached hydrogens (tertiary/aromatic N) is 3. The first-order chi connectivity index (χ1) is 15.6. The number of rotatable bonds is 6. The summed E-state index contributed by atoms with van der Waals surface area (Å²) < 4.78 is 12.9. The molecule has 10 heteroatoms. The number of hydrogen-bond acceptors (Lipinski definition) is 8. The van der Waals surface area contributed by atoms with E-state index in [4.69, 9.17) is 21.4 Å². The minimum absolute atomic E-state index is 0.0744. The van der Waals surface area contributed by atoms with Gasteiger partial charge in [-0.15, -0.1) is 0 Å². The van der Waals surface area contributed by atoms with Crippen LogP contribution in [0.4, 0.5) is 5.82 Å². The topological polar surface area (TPSA) is 89.1 Å². The highest BCUT2D eigenvalue weighted by molar-refractivity contribution is 8.26. The van der Waals surface area contributed by atoms with Crippen LogP contribution in [0.5, 0.6) is 0 Å². The first-order valence-electron chi connectivity index (χ1n) is 10.2. The molecule has 8 nitrogen and oxygen atoms in total. The lowest BCUT2D eigenvalue weighted by atomic mass is 10.2. The molecule has 2 aliphatic heterocycles. The minimum atomic E-state index is -0.265. The van der Waals surface area contributed by atoms with E-state index in [0.717, 1.165) is 31.2 Å². The second-order valence-corrected chi connectivity index (χ2v) is 9.15. The van der Waals surface area contributed by atoms with E-state index in [2.05, 4.69) is 10.3 Å². The number of fused-ring (bicyclic) bond motifs is 1. The first kappa shape index (κ1) is 20.9. The smallest absolute Gasteiger partial charge is 0.267 e. The Bertz CT molecular complexity index is 1260. The third-order valence-corrected chi connectivity index (χ3v) is 6.71. The quantitative estimate of drug-likeness (QED) is 0.436. The maximum Gasteiger partial charge on any atom is 0.267 e. The number of thioether (sulfide) groups is 1. The summed E-state index contributed by atoms with van der Waals surface area (Å²) in [6.45, 7) is 1.52. The molecular weight excluding hydrogens is 448 g/mol. The Balaban J connectivity index is 1.50. The van der Waals surface area contributed by atoms with Crippen molar-refractivity contribution in [3.63, 3.8) is 0 Å². The monoisotopic (exact) mass is 468 g/mol. The molecule has 1 atom stereocenters. The van der Waals surface area contributed by atoms with Gasteiger partial charge in [0.15, 0.2) is 0 Å². The molecule has 5 heterocycles. The maximum absolute atomic E-state index is 13.3. The van der Waals surface area contributed by atoms with Crippen LogP contribution in [0.25, 0.3) is 11.7 Å². The van der Waals surface area contributed by atoms with Crippen LogP contribution in [0.15, 0.2) is 56.9 Å². The summed E-state index contributed by atoms with van der Waals surface area (Å²) in [7, 11) is 0. The predicted molar refractivity (Wildman–Crippen MR) is 126 cm³/mol. The SMILES string of the molecule is O=C1/C(=C/c2c(NCC3CCCO3)nc3ccccn3c2=O)SC(=S)N1Cc1ccco1. The fraction of sp³-hybridized carbons (Fsp3) is 0.273. The van der Waals surface area contributed by atoms with Gasteiger partial charge in [-0.1, -0.05) is 30.0 Å². The van der Waals surface area contributed by atoms with Crippen molar-refractivity contribution in [2.24, 2.45) is 0 Å². The summed E-state index contributed by atoms with van der Waals surface area (Å²) >= 11 is 6.57. The van der Waals surface area contributed by atoms with Gasteiger partial charge in [-0.25, -0.2) is 4.98 Å². The maximum atomic E-state index is 13.3. The third-order valence-electron chi connectivity index (χ3n) is 5.33. The predicted octanol–water partition coefficient (Wildman–Crippen LogP) is 3.28. The van der Waals surface area contributed by atoms with Gasteiger partial charge >= 0.3 is 0 Å². The molecule has 0 bridgehead atoms. The van der Waals surface area contributed by atoms with Crippen molar-refractivity contribution in [2.75, 3.05) is 18.5 Å². The van der Waals surface area contributed by atoms with Gasteiger partial charge in [-0.2, -0.15) is 0 Å². The highest BCUT2D eigenvalue weighted by atomic mass is 32.2. The second-order valence-electron chi connectivity index (χ2n) is 7.47. The Kier molecular flexibility index (Phi) is 5.81. The van der Waals surface area contributed by atoms with E-state index in [1.165, 1.54) is 9.30 Å². The minimum Gasteiger partial charge on any atom is -0.467 e. The van der Waals surface area contributed by atoms with E-state index >= 15 is 0 Å². The molecule has 0 spiro atoms. The number of nitrogens with one attached hydrogen (secondary N) is 1. The number of thiocarbonyl (C=S) groups is 1. The Morgan fingerprint density at radius 1 is 1.28 bits per heavy atom. The van der Waals surface area contributed by atoms with Gasteiger partial charge in [-0.3, -0.25) is 18.9 Å². The van der Waals surface area contributed by atoms with Gasteiger partial charge in [0.1, 0.15) is 21.5 Å². The molecule has 5 rings (SSSR count). The third kappa shape index (κ3) is 4.08. The van der Waals surface area contributed by atoms with Crippen molar-refractivity contribution in [3.8, 4) is 0 Å². The zero-order valence-electron chi connectivity index (χ0n) is 17.0. The fourth-order valence-corrected chi connectivity index (χ4v) is 4.95. The lowest BCUT2D eigenvalue weighted by molar-refractivity contribution is -0.122. The Morgan fingerprint density at radius 3 is 2.97 bits per heavy atom. The average Bonchev–Trinajstić information content (AvgIpc) is 3.55. The number of aromatic nitrogens is 2. The number of carbonyl (C=O) groups excluding carboxylic acids is 1. The molecule has 0 radical (unpaired) electrons. The summed E-state index contributed by atoms with van der Waals surface area (Å²) in [5.41, 5.74) is 0.571. The highest BCUT2D eigenvalue weighted by Crippen LogP contribution is 2.34. The van der Waals surface area contributed by atoms with Crippen molar-refractivity contribution in [1.82, 2.24) is 14.3 Å². The summed E-state index contributed by atoms with van der Waals surface area (Å²) in [4.78, 5) is 32.8. The van der Waals surface area contributed by atoms with Crippen LogP contribution in [-0.2, 0) is 16.1 Å². The number of amides is 1. The number of carbonyl (C=O) groups is 1. The molecule has 2 saturated heterocycles. The van der Waals surface area contributed by atoms with E-state index in [-0.39, 0.29) is 24.1 Å². The van der Waals surface area contributed by atoms with Gasteiger partial charge in [0.25, 0.3) is 11.5 Å². The Labute approximate surface area is 193 Å². The average molecular weight is 469 g/mol. The molecule has 0 aliphatic carbocycles. The summed E-state index contributed by atoms with van der Waals surface area (Å²) in [5, 5.41) is 3.26. The molecule has 1 unspecified atom stereocenters. The number of furan rings is 1. The molecule has 2 fully saturated rings. The zero-order valence-corrected chi connectivity index (χ0v) is 18.7. The highest BCUT2D eigenvalue weighted by Gasteiger charge is 2.33. The summed E-state index contributed by atoms with van der Waals surface area (Å²) in [6, 6.07) is 8.91. The van der Waals surface area contributed by atoms with Crippen molar-refractivity contribution in [1.29, 1.82) is 0 Å². The van der Waals surface area contributed by atoms with Crippen LogP contribution in [0, 0.1) is 0 Å². The largest absolute Gasteiger partial charge is 0.467 e. The van der Waals surface area contributed by atoms with Crippen LogP contribution >= 0.6 is 24.0 Å². The number of anilines is 1. The van der Waals surface area contributed by atoms with Crippen LogP contribution in [0.3, 0.4) is 0 Å². The van der Waals surface area contributed by atoms with E-state index in [1.54, 1.807) is 42.8 Å². The normalized spacial score (nSPS) is 20.1. The van der Waals surface area contributed by atoms with Crippen molar-refractivity contribution >= 4 is 51.7 Å². The van der Waals surface area contributed by atoms with E-state index < -0.39 is 0 Å². The molecule has 164 valence electrons. The van der Waals surface area contributed by atoms with Crippen LogP contribution in [0.1, 0.15) is 24.2 Å². The summed E-state index contributed by atoms with van der Waals surface area (Å²) in [5.74, 6) is 0.793. The first-order valence-corrected chi connectivity index (χ1v) is 11.5. The van der Waals surface area contributed by atoms with E-state index in [1.807, 2.05) is 6.07 Å². The van der Waals surface area contributed by atoms with E-state index in [0.29, 0.717) is 38.6 Å². The molecule has 1 N–H and O–H groups in total. The number of hydrogen-bond donors (Lipinski definition) is 1. The van der Waals surface area contributed by atoms with Gasteiger partial charge < -0.3 is 14.5 Å². The van der Waals surface area contributed by atoms with Crippen molar-refractivity contribution in [3.05, 3.63) is 69.4 Å². The molecule has 1 amide bonds. The molecule has 0 saturated carbocycles. The Morgan fingerprint density at radius 2 is 2.19 bits per heavy atom. The second kappa shape index (κ2) is 8.89. The molecular formula is C22H20N4O4S2. The van der Waals surface area contributed by atoms with Crippen LogP contribution in [-0.4, -0.2) is 43.8 Å². The number of pyridine rings is 1. The van der Waals surface area contributed by atoms with Crippen molar-refractivity contribution in [2.45, 2.75) is 25.5 Å². The molecule has 3 aromatic rings. The lowest BCUT2D eigenvalue weighted by Gasteiger charge is -2.14. The number of ether oxygens (including phenoxy) is 1. The van der Waals surface area contributed by atoms with Gasteiger partial charge in [0.2, 0.25) is 0 Å². The standard InChI is InChI=1S/C22H20N4O4S2/c27-20-16(11-17-21(28)26(22(31)32-17)13-15-6-4-10-30-15)19(23-12-14-5-3-9-29-14)24-18-7-1-2-8-25(18)20/h1-2,4,6-8,10-11,14,23H,3,5,9,12-13H2/b17-11-. The van der Waals surface area contributed by atoms with Crippen molar-refractivity contribution < 1.29 is 13.9 Å². The van der Waals surface area contributed by atoms with Gasteiger partial charge in [0.05, 0.1) is 29.4 Å². The molecule has 2 aliphatic rings. The molecule has 3 aromatic heterocycles. The van der Waals surface area contributed by atoms with Gasteiger partial charge in [0, 0.05) is 19.3 Å². The van der Waals surface area contributed by atoms with E-state index in [9.17, 15) is 9.59 Å². The van der Waals surface area contributed by atoms with Crippen LogP contribution in [0.2, 0.25) is 0 Å². The molecule has 0 aromatic carbocycles. The fourth-order valence-electron chi connectivity index (χ4n) is 3.71.